The van der Waals surface area contributed by atoms with Crippen LogP contribution in [0.1, 0.15) is 44.6 Å². The highest BCUT2D eigenvalue weighted by molar-refractivity contribution is 7.98. The van der Waals surface area contributed by atoms with Gasteiger partial charge in [-0.2, -0.15) is 0 Å². The summed E-state index contributed by atoms with van der Waals surface area (Å²) in [6.45, 7) is 2.70. The third-order valence-corrected chi connectivity index (χ3v) is 4.98. The zero-order chi connectivity index (χ0) is 14.4. The molecule has 1 amide bonds. The van der Waals surface area contributed by atoms with Crippen molar-refractivity contribution in [1.29, 1.82) is 0 Å². The average Bonchev–Trinajstić information content (AvgIpc) is 2.98. The first-order valence-electron chi connectivity index (χ1n) is 7.59. The lowest BCUT2D eigenvalue weighted by molar-refractivity contribution is -0.125. The quantitative estimate of drug-likeness (QED) is 0.794. The molecule has 110 valence electrons. The lowest BCUT2D eigenvalue weighted by Gasteiger charge is -2.16. The van der Waals surface area contributed by atoms with Gasteiger partial charge in [0, 0.05) is 17.4 Å². The molecule has 1 saturated carbocycles. The standard InChI is InChI=1S/C17H25NOS/c1-13(11-14-5-3-4-6-14)17(19)18-12-15-7-9-16(20-2)10-8-15/h7-10,13-14H,3-6,11-12H2,1-2H3,(H,18,19). The number of hydrogen-bond acceptors (Lipinski definition) is 2. The van der Waals surface area contributed by atoms with E-state index in [1.807, 2.05) is 0 Å². The highest BCUT2D eigenvalue weighted by Gasteiger charge is 2.21. The molecule has 0 radical (unpaired) electrons. The average molecular weight is 291 g/mol. The molecule has 0 bridgehead atoms. The number of hydrogen-bond donors (Lipinski definition) is 1. The van der Waals surface area contributed by atoms with Crippen LogP contribution < -0.4 is 5.32 Å². The monoisotopic (exact) mass is 291 g/mol. The summed E-state index contributed by atoms with van der Waals surface area (Å²) in [5.41, 5.74) is 1.17. The Balaban J connectivity index is 1.75. The summed E-state index contributed by atoms with van der Waals surface area (Å²) in [5.74, 6) is 1.12. The Morgan fingerprint density at radius 2 is 1.95 bits per heavy atom. The number of benzene rings is 1. The van der Waals surface area contributed by atoms with Crippen molar-refractivity contribution in [2.45, 2.75) is 50.5 Å². The normalized spacial score (nSPS) is 17.1. The Hall–Kier alpha value is -0.960. The maximum atomic E-state index is 12.1. The van der Waals surface area contributed by atoms with E-state index in [-0.39, 0.29) is 11.8 Å². The van der Waals surface area contributed by atoms with E-state index in [0.717, 1.165) is 12.3 Å². The Morgan fingerprint density at radius 1 is 1.30 bits per heavy atom. The fraction of sp³-hybridized carbons (Fsp3) is 0.588. The maximum Gasteiger partial charge on any atom is 0.223 e. The van der Waals surface area contributed by atoms with Gasteiger partial charge in [0.05, 0.1) is 0 Å². The van der Waals surface area contributed by atoms with E-state index in [1.165, 1.54) is 36.1 Å². The summed E-state index contributed by atoms with van der Waals surface area (Å²) in [6.07, 6.45) is 8.45. The molecule has 1 aromatic rings. The van der Waals surface area contributed by atoms with Gasteiger partial charge >= 0.3 is 0 Å². The minimum absolute atomic E-state index is 0.142. The van der Waals surface area contributed by atoms with Crippen molar-refractivity contribution in [2.75, 3.05) is 6.26 Å². The van der Waals surface area contributed by atoms with Gasteiger partial charge in [-0.3, -0.25) is 4.79 Å². The molecule has 1 aliphatic carbocycles. The van der Waals surface area contributed by atoms with Crippen molar-refractivity contribution < 1.29 is 4.79 Å². The van der Waals surface area contributed by atoms with Gasteiger partial charge in [0.2, 0.25) is 5.91 Å². The fourth-order valence-corrected chi connectivity index (χ4v) is 3.37. The van der Waals surface area contributed by atoms with Gasteiger partial charge in [-0.05, 0) is 36.3 Å². The second-order valence-electron chi connectivity index (χ2n) is 5.85. The smallest absolute Gasteiger partial charge is 0.223 e. The first-order chi connectivity index (χ1) is 9.69. The van der Waals surface area contributed by atoms with E-state index in [1.54, 1.807) is 11.8 Å². The van der Waals surface area contributed by atoms with Crippen molar-refractivity contribution in [3.05, 3.63) is 29.8 Å². The zero-order valence-electron chi connectivity index (χ0n) is 12.5. The number of amides is 1. The van der Waals surface area contributed by atoms with E-state index in [0.29, 0.717) is 6.54 Å². The topological polar surface area (TPSA) is 29.1 Å². The van der Waals surface area contributed by atoms with Crippen molar-refractivity contribution in [2.24, 2.45) is 11.8 Å². The minimum atomic E-state index is 0.142. The largest absolute Gasteiger partial charge is 0.352 e. The second kappa shape index (κ2) is 7.72. The molecule has 1 unspecified atom stereocenters. The van der Waals surface area contributed by atoms with Gasteiger partial charge in [-0.1, -0.05) is 44.7 Å². The summed E-state index contributed by atoms with van der Waals surface area (Å²) >= 11 is 1.74. The molecule has 0 spiro atoms. The van der Waals surface area contributed by atoms with Crippen LogP contribution in [-0.2, 0) is 11.3 Å². The Bertz CT molecular complexity index is 423. The lowest BCUT2D eigenvalue weighted by Crippen LogP contribution is -2.29. The zero-order valence-corrected chi connectivity index (χ0v) is 13.3. The summed E-state index contributed by atoms with van der Waals surface area (Å²) in [7, 11) is 0. The Labute approximate surface area is 126 Å². The summed E-state index contributed by atoms with van der Waals surface area (Å²) in [6, 6.07) is 8.39. The van der Waals surface area contributed by atoms with Gasteiger partial charge in [-0.25, -0.2) is 0 Å². The summed E-state index contributed by atoms with van der Waals surface area (Å²) < 4.78 is 0. The summed E-state index contributed by atoms with van der Waals surface area (Å²) in [4.78, 5) is 13.4. The van der Waals surface area contributed by atoms with Crippen LogP contribution in [0.15, 0.2) is 29.2 Å². The van der Waals surface area contributed by atoms with Crippen LogP contribution in [0, 0.1) is 11.8 Å². The Morgan fingerprint density at radius 3 is 2.55 bits per heavy atom. The van der Waals surface area contributed by atoms with Crippen LogP contribution in [0.25, 0.3) is 0 Å². The molecular formula is C17H25NOS. The third-order valence-electron chi connectivity index (χ3n) is 4.24. The minimum Gasteiger partial charge on any atom is -0.352 e. The van der Waals surface area contributed by atoms with Gasteiger partial charge < -0.3 is 5.32 Å². The maximum absolute atomic E-state index is 12.1. The van der Waals surface area contributed by atoms with Gasteiger partial charge in [0.1, 0.15) is 0 Å². The molecule has 20 heavy (non-hydrogen) atoms. The van der Waals surface area contributed by atoms with Gasteiger partial charge in [-0.15, -0.1) is 11.8 Å². The highest BCUT2D eigenvalue weighted by Crippen LogP contribution is 2.30. The molecule has 1 aromatic carbocycles. The van der Waals surface area contributed by atoms with Gasteiger partial charge in [0.25, 0.3) is 0 Å². The predicted molar refractivity (Wildman–Crippen MR) is 85.8 cm³/mol. The van der Waals surface area contributed by atoms with Crippen molar-refractivity contribution in [3.63, 3.8) is 0 Å². The predicted octanol–water partition coefficient (Wildman–Crippen LogP) is 4.24. The van der Waals surface area contributed by atoms with Crippen LogP contribution in [0.4, 0.5) is 0 Å². The molecule has 2 rings (SSSR count). The van der Waals surface area contributed by atoms with Crippen LogP contribution in [-0.4, -0.2) is 12.2 Å². The molecule has 1 N–H and O–H groups in total. The molecule has 1 aliphatic rings. The summed E-state index contributed by atoms with van der Waals surface area (Å²) in [5, 5.41) is 3.06. The van der Waals surface area contributed by atoms with Crippen LogP contribution in [0.5, 0.6) is 0 Å². The van der Waals surface area contributed by atoms with Crippen molar-refractivity contribution in [1.82, 2.24) is 5.32 Å². The van der Waals surface area contributed by atoms with Crippen molar-refractivity contribution >= 4 is 17.7 Å². The molecular weight excluding hydrogens is 266 g/mol. The van der Waals surface area contributed by atoms with E-state index in [9.17, 15) is 4.79 Å². The number of carbonyl (C=O) groups excluding carboxylic acids is 1. The van der Waals surface area contributed by atoms with Crippen LogP contribution in [0.3, 0.4) is 0 Å². The first-order valence-corrected chi connectivity index (χ1v) is 8.82. The number of carbonyl (C=O) groups is 1. The molecule has 0 aromatic heterocycles. The first kappa shape index (κ1) is 15.4. The molecule has 0 aliphatic heterocycles. The number of thioether (sulfide) groups is 1. The Kier molecular flexibility index (Phi) is 5.96. The van der Waals surface area contributed by atoms with E-state index >= 15 is 0 Å². The molecule has 1 atom stereocenters. The lowest BCUT2D eigenvalue weighted by atomic mass is 9.94. The molecule has 0 heterocycles. The number of rotatable bonds is 6. The fourth-order valence-electron chi connectivity index (χ4n) is 2.96. The van der Waals surface area contributed by atoms with E-state index < -0.39 is 0 Å². The second-order valence-corrected chi connectivity index (χ2v) is 6.73. The molecule has 0 saturated heterocycles. The van der Waals surface area contributed by atoms with E-state index in [4.69, 9.17) is 0 Å². The third kappa shape index (κ3) is 4.55. The molecule has 3 heteroatoms. The van der Waals surface area contributed by atoms with Crippen LogP contribution >= 0.6 is 11.8 Å². The highest BCUT2D eigenvalue weighted by atomic mass is 32.2. The number of nitrogens with one attached hydrogen (secondary N) is 1. The SMILES string of the molecule is CSc1ccc(CNC(=O)C(C)CC2CCCC2)cc1. The van der Waals surface area contributed by atoms with Gasteiger partial charge in [0.15, 0.2) is 0 Å². The van der Waals surface area contributed by atoms with Crippen molar-refractivity contribution in [3.8, 4) is 0 Å². The molecule has 1 fully saturated rings. The van der Waals surface area contributed by atoms with E-state index in [2.05, 4.69) is 42.8 Å². The van der Waals surface area contributed by atoms with Crippen LogP contribution in [0.2, 0.25) is 0 Å². The molecule has 2 nitrogen and oxygen atoms in total.